The summed E-state index contributed by atoms with van der Waals surface area (Å²) >= 11 is 0. The van der Waals surface area contributed by atoms with Crippen LogP contribution < -0.4 is 10.6 Å². The van der Waals surface area contributed by atoms with E-state index in [2.05, 4.69) is 36.9 Å². The van der Waals surface area contributed by atoms with E-state index in [1.54, 1.807) is 6.33 Å². The molecule has 2 aromatic heterocycles. The van der Waals surface area contributed by atoms with Gasteiger partial charge in [0, 0.05) is 13.1 Å². The smallest absolute Gasteiger partial charge is 0.258 e. The molecule has 1 fully saturated rings. The Morgan fingerprint density at radius 2 is 1.95 bits per heavy atom. The van der Waals surface area contributed by atoms with Crippen LogP contribution in [-0.2, 0) is 0 Å². The van der Waals surface area contributed by atoms with Gasteiger partial charge in [-0.3, -0.25) is 0 Å². The van der Waals surface area contributed by atoms with E-state index < -0.39 is 0 Å². The molecule has 8 heteroatoms. The van der Waals surface area contributed by atoms with Gasteiger partial charge >= 0.3 is 0 Å². The van der Waals surface area contributed by atoms with E-state index in [1.165, 1.54) is 23.9 Å². The van der Waals surface area contributed by atoms with E-state index in [4.69, 9.17) is 5.73 Å². The first kappa shape index (κ1) is 13.7. The van der Waals surface area contributed by atoms with Crippen molar-refractivity contribution < 1.29 is 0 Å². The molecule has 8 nitrogen and oxygen atoms in total. The molecule has 0 atom stereocenters. The van der Waals surface area contributed by atoms with Gasteiger partial charge in [-0.2, -0.15) is 24.7 Å². The highest BCUT2D eigenvalue weighted by Gasteiger charge is 2.24. The second-order valence-corrected chi connectivity index (χ2v) is 5.66. The van der Waals surface area contributed by atoms with Crippen LogP contribution in [-0.4, -0.2) is 42.8 Å². The highest BCUT2D eigenvalue weighted by atomic mass is 15.4. The van der Waals surface area contributed by atoms with Crippen LogP contribution in [0.15, 0.2) is 12.7 Å². The van der Waals surface area contributed by atoms with Crippen LogP contribution in [0, 0.1) is 5.92 Å². The minimum absolute atomic E-state index is 0.196. The molecule has 2 heterocycles. The van der Waals surface area contributed by atoms with E-state index in [9.17, 15) is 0 Å². The van der Waals surface area contributed by atoms with Crippen molar-refractivity contribution in [3.63, 3.8) is 0 Å². The highest BCUT2D eigenvalue weighted by Crippen LogP contribution is 2.28. The molecule has 0 spiro atoms. The Kier molecular flexibility index (Phi) is 3.68. The molecule has 112 valence electrons. The quantitative estimate of drug-likeness (QED) is 0.901. The fourth-order valence-corrected chi connectivity index (χ4v) is 2.73. The minimum atomic E-state index is 0.196. The summed E-state index contributed by atoms with van der Waals surface area (Å²) < 4.78 is 1.48. The monoisotopic (exact) mass is 288 g/mol. The second-order valence-electron chi connectivity index (χ2n) is 5.66. The van der Waals surface area contributed by atoms with Crippen molar-refractivity contribution in [1.29, 1.82) is 0 Å². The Morgan fingerprint density at radius 1 is 1.19 bits per heavy atom. The highest BCUT2D eigenvalue weighted by molar-refractivity contribution is 5.37. The largest absolute Gasteiger partial charge is 0.368 e. The molecular formula is C13H20N8. The predicted octanol–water partition coefficient (Wildman–Crippen LogP) is 1.05. The summed E-state index contributed by atoms with van der Waals surface area (Å²) in [6.07, 6.45) is 7.77. The maximum Gasteiger partial charge on any atom is 0.258 e. The van der Waals surface area contributed by atoms with Crippen LogP contribution in [0.2, 0.25) is 0 Å². The summed E-state index contributed by atoms with van der Waals surface area (Å²) in [6, 6.07) is 0.451. The van der Waals surface area contributed by atoms with Gasteiger partial charge in [-0.15, -0.1) is 0 Å². The zero-order valence-corrected chi connectivity index (χ0v) is 12.3. The van der Waals surface area contributed by atoms with Gasteiger partial charge in [-0.25, -0.2) is 4.98 Å². The molecule has 0 saturated heterocycles. The number of hydrogen-bond donors (Lipinski definition) is 1. The van der Waals surface area contributed by atoms with Crippen molar-refractivity contribution >= 4 is 11.9 Å². The maximum atomic E-state index is 5.80. The van der Waals surface area contributed by atoms with Crippen molar-refractivity contribution in [3.05, 3.63) is 12.7 Å². The number of nitrogens with two attached hydrogens (primary N) is 1. The second kappa shape index (κ2) is 5.63. The lowest BCUT2D eigenvalue weighted by molar-refractivity contribution is 0.339. The lowest BCUT2D eigenvalue weighted by Gasteiger charge is -2.33. The van der Waals surface area contributed by atoms with Gasteiger partial charge in [-0.1, -0.05) is 6.92 Å². The molecule has 0 bridgehead atoms. The number of aromatic nitrogens is 6. The van der Waals surface area contributed by atoms with E-state index in [1.807, 2.05) is 7.05 Å². The van der Waals surface area contributed by atoms with Crippen molar-refractivity contribution in [2.45, 2.75) is 38.6 Å². The van der Waals surface area contributed by atoms with Gasteiger partial charge in [0.25, 0.3) is 5.95 Å². The molecule has 1 aliphatic rings. The van der Waals surface area contributed by atoms with Crippen molar-refractivity contribution in [2.24, 2.45) is 5.92 Å². The molecule has 0 aliphatic heterocycles. The average molecular weight is 288 g/mol. The predicted molar refractivity (Wildman–Crippen MR) is 79.0 cm³/mol. The molecule has 21 heavy (non-hydrogen) atoms. The maximum absolute atomic E-state index is 5.80. The Balaban J connectivity index is 1.84. The summed E-state index contributed by atoms with van der Waals surface area (Å²) in [5, 5.41) is 4.03. The zero-order chi connectivity index (χ0) is 14.8. The first-order valence-corrected chi connectivity index (χ1v) is 7.23. The Morgan fingerprint density at radius 3 is 2.62 bits per heavy atom. The van der Waals surface area contributed by atoms with Crippen LogP contribution in [0.3, 0.4) is 0 Å². The van der Waals surface area contributed by atoms with E-state index in [0.29, 0.717) is 17.9 Å². The van der Waals surface area contributed by atoms with Crippen molar-refractivity contribution in [1.82, 2.24) is 29.7 Å². The number of nitrogen functional groups attached to an aromatic ring is 1. The van der Waals surface area contributed by atoms with Gasteiger partial charge < -0.3 is 10.6 Å². The zero-order valence-electron chi connectivity index (χ0n) is 12.3. The molecule has 2 aromatic rings. The molecule has 0 aromatic carbocycles. The van der Waals surface area contributed by atoms with E-state index in [0.717, 1.165) is 18.8 Å². The Hall–Kier alpha value is -2.25. The van der Waals surface area contributed by atoms with E-state index >= 15 is 0 Å². The summed E-state index contributed by atoms with van der Waals surface area (Å²) in [5.41, 5.74) is 5.80. The van der Waals surface area contributed by atoms with Crippen molar-refractivity contribution in [2.75, 3.05) is 17.7 Å². The van der Waals surface area contributed by atoms with Crippen LogP contribution >= 0.6 is 0 Å². The standard InChI is InChI=1S/C13H20N8/c1-9-3-5-10(6-4-9)20(2)12-17-11(14)18-13(19-12)21-8-15-7-16-21/h7-10H,3-6H2,1-2H3,(H2,14,17,18,19). The summed E-state index contributed by atoms with van der Waals surface area (Å²) in [5.74, 6) is 1.99. The Labute approximate surface area is 123 Å². The molecule has 0 unspecified atom stereocenters. The number of rotatable bonds is 3. The van der Waals surface area contributed by atoms with Crippen LogP contribution in [0.1, 0.15) is 32.6 Å². The van der Waals surface area contributed by atoms with Crippen LogP contribution in [0.4, 0.5) is 11.9 Å². The van der Waals surface area contributed by atoms with Gasteiger partial charge in [0.05, 0.1) is 0 Å². The topological polar surface area (TPSA) is 98.6 Å². The molecule has 1 saturated carbocycles. The third-order valence-electron chi connectivity index (χ3n) is 4.10. The number of hydrogen-bond acceptors (Lipinski definition) is 7. The van der Waals surface area contributed by atoms with Crippen LogP contribution in [0.5, 0.6) is 0 Å². The fourth-order valence-electron chi connectivity index (χ4n) is 2.73. The summed E-state index contributed by atoms with van der Waals surface area (Å²) in [7, 11) is 2.01. The molecular weight excluding hydrogens is 268 g/mol. The minimum Gasteiger partial charge on any atom is -0.368 e. The van der Waals surface area contributed by atoms with Crippen molar-refractivity contribution in [3.8, 4) is 5.95 Å². The lowest BCUT2D eigenvalue weighted by Crippen LogP contribution is -2.36. The van der Waals surface area contributed by atoms with Crippen LogP contribution in [0.25, 0.3) is 5.95 Å². The molecule has 1 aliphatic carbocycles. The molecule has 0 radical (unpaired) electrons. The number of anilines is 2. The Bertz CT molecular complexity index is 588. The third-order valence-corrected chi connectivity index (χ3v) is 4.10. The molecule has 3 rings (SSSR count). The number of nitrogens with zero attached hydrogens (tertiary/aromatic N) is 7. The van der Waals surface area contributed by atoms with Gasteiger partial charge in [0.15, 0.2) is 0 Å². The summed E-state index contributed by atoms with van der Waals surface area (Å²) in [4.78, 5) is 18.8. The lowest BCUT2D eigenvalue weighted by atomic mass is 9.87. The van der Waals surface area contributed by atoms with E-state index in [-0.39, 0.29) is 5.95 Å². The van der Waals surface area contributed by atoms with Gasteiger partial charge in [-0.05, 0) is 31.6 Å². The fraction of sp³-hybridized carbons (Fsp3) is 0.615. The first-order valence-electron chi connectivity index (χ1n) is 7.23. The summed E-state index contributed by atoms with van der Waals surface area (Å²) in [6.45, 7) is 2.31. The normalized spacial score (nSPS) is 22.2. The average Bonchev–Trinajstić information content (AvgIpc) is 3.01. The van der Waals surface area contributed by atoms with Gasteiger partial charge in [0.1, 0.15) is 12.7 Å². The molecule has 0 amide bonds. The molecule has 2 N–H and O–H groups in total. The third kappa shape index (κ3) is 2.93. The SMILES string of the molecule is CC1CCC(N(C)c2nc(N)nc(-n3cncn3)n2)CC1. The van der Waals surface area contributed by atoms with Gasteiger partial charge in [0.2, 0.25) is 11.9 Å². The first-order chi connectivity index (χ1) is 10.1.